The molecule has 0 bridgehead atoms. The Morgan fingerprint density at radius 2 is 2.00 bits per heavy atom. The Kier molecular flexibility index (Phi) is 5.21. The number of carboxylic acids is 1. The fourth-order valence-electron chi connectivity index (χ4n) is 1.78. The number of thiazole rings is 1. The van der Waals surface area contributed by atoms with Crippen LogP contribution in [0.2, 0.25) is 0 Å². The highest BCUT2D eigenvalue weighted by atomic mass is 32.1. The lowest BCUT2D eigenvalue weighted by atomic mass is 10.2. The Morgan fingerprint density at radius 3 is 2.64 bits per heavy atom. The van der Waals surface area contributed by atoms with Crippen LogP contribution in [0.4, 0.5) is 0 Å². The maximum Gasteiger partial charge on any atom is 0.354 e. The van der Waals surface area contributed by atoms with E-state index in [9.17, 15) is 9.59 Å². The van der Waals surface area contributed by atoms with Gasteiger partial charge in [0.1, 0.15) is 11.4 Å². The number of nitrogens with zero attached hydrogens (tertiary/aromatic N) is 2. The number of hydrogen-bond acceptors (Lipinski definition) is 5. The SMILES string of the molecule is CC(C)c1nc(CCNC(=O)c2cccc(C(=O)O)n2)cs1. The van der Waals surface area contributed by atoms with Gasteiger partial charge in [0.15, 0.2) is 0 Å². The molecule has 0 aliphatic carbocycles. The summed E-state index contributed by atoms with van der Waals surface area (Å²) in [6, 6.07) is 4.34. The first kappa shape index (κ1) is 16.1. The standard InChI is InChI=1S/C15H17N3O3S/c1-9(2)14-17-10(8-22-14)6-7-16-13(19)11-4-3-5-12(18-11)15(20)21/h3-5,8-9H,6-7H2,1-2H3,(H,16,19)(H,20,21). The van der Waals surface area contributed by atoms with Gasteiger partial charge in [-0.15, -0.1) is 11.3 Å². The molecule has 0 saturated carbocycles. The lowest BCUT2D eigenvalue weighted by molar-refractivity contribution is 0.0690. The van der Waals surface area contributed by atoms with Crippen LogP contribution in [0.1, 0.15) is 51.4 Å². The van der Waals surface area contributed by atoms with Crippen LogP contribution < -0.4 is 5.32 Å². The number of carboxylic acid groups (broad SMARTS) is 1. The van der Waals surface area contributed by atoms with Gasteiger partial charge in [0.05, 0.1) is 10.7 Å². The van der Waals surface area contributed by atoms with E-state index >= 15 is 0 Å². The van der Waals surface area contributed by atoms with Crippen molar-refractivity contribution in [3.8, 4) is 0 Å². The van der Waals surface area contributed by atoms with Crippen LogP contribution in [-0.2, 0) is 6.42 Å². The van der Waals surface area contributed by atoms with Crippen molar-refractivity contribution < 1.29 is 14.7 Å². The maximum absolute atomic E-state index is 11.9. The summed E-state index contributed by atoms with van der Waals surface area (Å²) in [6.45, 7) is 4.61. The predicted molar refractivity (Wildman–Crippen MR) is 83.4 cm³/mol. The van der Waals surface area contributed by atoms with Crippen molar-refractivity contribution >= 4 is 23.2 Å². The Labute approximate surface area is 132 Å². The summed E-state index contributed by atoms with van der Waals surface area (Å²) >= 11 is 1.62. The van der Waals surface area contributed by atoms with Crippen molar-refractivity contribution in [3.63, 3.8) is 0 Å². The van der Waals surface area contributed by atoms with E-state index in [-0.39, 0.29) is 17.3 Å². The van der Waals surface area contributed by atoms with Gasteiger partial charge >= 0.3 is 5.97 Å². The van der Waals surface area contributed by atoms with Crippen LogP contribution in [0.15, 0.2) is 23.6 Å². The second kappa shape index (κ2) is 7.13. The summed E-state index contributed by atoms with van der Waals surface area (Å²) in [5.74, 6) is -1.14. The number of carbonyl (C=O) groups excluding carboxylic acids is 1. The number of carbonyl (C=O) groups is 2. The summed E-state index contributed by atoms with van der Waals surface area (Å²) in [6.07, 6.45) is 0.633. The molecule has 6 nitrogen and oxygen atoms in total. The minimum Gasteiger partial charge on any atom is -0.477 e. The first-order valence-corrected chi connectivity index (χ1v) is 7.78. The molecule has 0 aromatic carbocycles. The summed E-state index contributed by atoms with van der Waals surface area (Å²) in [5, 5.41) is 14.7. The number of nitrogens with one attached hydrogen (secondary N) is 1. The second-order valence-electron chi connectivity index (χ2n) is 5.05. The zero-order valence-corrected chi connectivity index (χ0v) is 13.2. The monoisotopic (exact) mass is 319 g/mol. The molecule has 2 aromatic heterocycles. The summed E-state index contributed by atoms with van der Waals surface area (Å²) in [4.78, 5) is 31.1. The van der Waals surface area contributed by atoms with Gasteiger partial charge < -0.3 is 10.4 Å². The van der Waals surface area contributed by atoms with Gasteiger partial charge in [-0.2, -0.15) is 0 Å². The van der Waals surface area contributed by atoms with E-state index in [1.807, 2.05) is 5.38 Å². The summed E-state index contributed by atoms with van der Waals surface area (Å²) in [5.41, 5.74) is 0.899. The zero-order valence-electron chi connectivity index (χ0n) is 12.4. The van der Waals surface area contributed by atoms with Gasteiger partial charge in [-0.05, 0) is 12.1 Å². The Balaban J connectivity index is 1.89. The maximum atomic E-state index is 11.9. The molecule has 0 aliphatic rings. The Bertz CT molecular complexity index is 682. The molecule has 7 heteroatoms. The highest BCUT2D eigenvalue weighted by Crippen LogP contribution is 2.19. The first-order chi connectivity index (χ1) is 10.5. The number of aromatic carboxylic acids is 1. The second-order valence-corrected chi connectivity index (χ2v) is 5.94. The molecule has 1 amide bonds. The van der Waals surface area contributed by atoms with Crippen molar-refractivity contribution in [2.45, 2.75) is 26.2 Å². The van der Waals surface area contributed by atoms with Crippen molar-refractivity contribution in [2.24, 2.45) is 0 Å². The third-order valence-electron chi connectivity index (χ3n) is 2.93. The fourth-order valence-corrected chi connectivity index (χ4v) is 2.65. The minimum absolute atomic E-state index is 0.0982. The molecule has 0 saturated heterocycles. The number of aromatic nitrogens is 2. The van der Waals surface area contributed by atoms with E-state index in [2.05, 4.69) is 29.1 Å². The minimum atomic E-state index is -1.15. The molecule has 116 valence electrons. The predicted octanol–water partition coefficient (Wildman–Crippen LogP) is 2.33. The van der Waals surface area contributed by atoms with E-state index < -0.39 is 5.97 Å². The van der Waals surface area contributed by atoms with Crippen LogP contribution in [0.3, 0.4) is 0 Å². The van der Waals surface area contributed by atoms with Crippen LogP contribution in [0.25, 0.3) is 0 Å². The van der Waals surface area contributed by atoms with Crippen LogP contribution >= 0.6 is 11.3 Å². The molecular formula is C15H17N3O3S. The number of amides is 1. The Hall–Kier alpha value is -2.28. The molecular weight excluding hydrogens is 302 g/mol. The smallest absolute Gasteiger partial charge is 0.354 e. The van der Waals surface area contributed by atoms with Gasteiger partial charge in [-0.25, -0.2) is 14.8 Å². The third kappa shape index (κ3) is 4.11. The number of hydrogen-bond donors (Lipinski definition) is 2. The van der Waals surface area contributed by atoms with E-state index in [1.165, 1.54) is 18.2 Å². The van der Waals surface area contributed by atoms with Crippen molar-refractivity contribution in [3.05, 3.63) is 45.7 Å². The summed E-state index contributed by atoms with van der Waals surface area (Å²) in [7, 11) is 0. The largest absolute Gasteiger partial charge is 0.477 e. The molecule has 0 aliphatic heterocycles. The first-order valence-electron chi connectivity index (χ1n) is 6.90. The molecule has 2 rings (SSSR count). The third-order valence-corrected chi connectivity index (χ3v) is 4.13. The highest BCUT2D eigenvalue weighted by molar-refractivity contribution is 7.09. The molecule has 22 heavy (non-hydrogen) atoms. The molecule has 0 atom stereocenters. The van der Waals surface area contributed by atoms with E-state index in [4.69, 9.17) is 5.11 Å². The zero-order chi connectivity index (χ0) is 16.1. The van der Waals surface area contributed by atoms with Crippen LogP contribution in [0.5, 0.6) is 0 Å². The lowest BCUT2D eigenvalue weighted by Crippen LogP contribution is -2.27. The quantitative estimate of drug-likeness (QED) is 0.852. The fraction of sp³-hybridized carbons (Fsp3) is 0.333. The number of pyridine rings is 1. The van der Waals surface area contributed by atoms with E-state index in [0.29, 0.717) is 18.9 Å². The molecule has 2 N–H and O–H groups in total. The molecule has 2 aromatic rings. The lowest BCUT2D eigenvalue weighted by Gasteiger charge is -2.04. The highest BCUT2D eigenvalue weighted by Gasteiger charge is 2.11. The van der Waals surface area contributed by atoms with E-state index in [1.54, 1.807) is 11.3 Å². The van der Waals surface area contributed by atoms with Gasteiger partial charge in [-0.3, -0.25) is 4.79 Å². The molecule has 0 fully saturated rings. The average Bonchev–Trinajstić information content (AvgIpc) is 2.96. The number of rotatable bonds is 6. The van der Waals surface area contributed by atoms with Crippen molar-refractivity contribution in [1.29, 1.82) is 0 Å². The van der Waals surface area contributed by atoms with Crippen LogP contribution in [0, 0.1) is 0 Å². The Morgan fingerprint density at radius 1 is 1.27 bits per heavy atom. The summed E-state index contributed by atoms with van der Waals surface area (Å²) < 4.78 is 0. The topological polar surface area (TPSA) is 92.2 Å². The molecule has 0 spiro atoms. The molecule has 2 heterocycles. The van der Waals surface area contributed by atoms with E-state index in [0.717, 1.165) is 10.7 Å². The van der Waals surface area contributed by atoms with Gasteiger partial charge in [0.25, 0.3) is 5.91 Å². The molecule has 0 radical (unpaired) electrons. The van der Waals surface area contributed by atoms with Gasteiger partial charge in [-0.1, -0.05) is 19.9 Å². The van der Waals surface area contributed by atoms with Gasteiger partial charge in [0, 0.05) is 24.3 Å². The normalized spacial score (nSPS) is 10.7. The molecule has 0 unspecified atom stereocenters. The average molecular weight is 319 g/mol. The van der Waals surface area contributed by atoms with Gasteiger partial charge in [0.2, 0.25) is 0 Å². The van der Waals surface area contributed by atoms with Crippen molar-refractivity contribution in [1.82, 2.24) is 15.3 Å². The van der Waals surface area contributed by atoms with Crippen molar-refractivity contribution in [2.75, 3.05) is 6.54 Å². The van der Waals surface area contributed by atoms with Crippen LogP contribution in [-0.4, -0.2) is 33.5 Å².